The van der Waals surface area contributed by atoms with Crippen LogP contribution in [0.2, 0.25) is 0 Å². The Hall–Kier alpha value is -0.500. The third-order valence-electron chi connectivity index (χ3n) is 2.26. The number of hydrogen-bond acceptors (Lipinski definition) is 2. The summed E-state index contributed by atoms with van der Waals surface area (Å²) in [6.07, 6.45) is 1.16. The van der Waals surface area contributed by atoms with Gasteiger partial charge in [-0.3, -0.25) is 0 Å². The summed E-state index contributed by atoms with van der Waals surface area (Å²) in [5.41, 5.74) is 6.24. The topological polar surface area (TPSA) is 15.3 Å². The van der Waals surface area contributed by atoms with Gasteiger partial charge >= 0.3 is 0 Å². The van der Waals surface area contributed by atoms with Crippen molar-refractivity contribution in [2.24, 2.45) is 0 Å². The Labute approximate surface area is 76.6 Å². The smallest absolute Gasteiger partial charge is 0.0463 e. The summed E-state index contributed by atoms with van der Waals surface area (Å²) in [4.78, 5) is 0. The van der Waals surface area contributed by atoms with Crippen LogP contribution in [0.1, 0.15) is 41.0 Å². The predicted molar refractivity (Wildman–Crippen MR) is 54.7 cm³/mol. The molecule has 12 heavy (non-hydrogen) atoms. The van der Waals surface area contributed by atoms with E-state index in [0.29, 0.717) is 6.04 Å². The van der Waals surface area contributed by atoms with E-state index >= 15 is 0 Å². The van der Waals surface area contributed by atoms with Crippen molar-refractivity contribution in [1.82, 2.24) is 10.4 Å². The molecule has 1 aliphatic rings. The van der Waals surface area contributed by atoms with Gasteiger partial charge in [0.1, 0.15) is 0 Å². The van der Waals surface area contributed by atoms with Crippen LogP contribution < -0.4 is 5.43 Å². The number of hydrogen-bond donors (Lipinski definition) is 1. The zero-order valence-corrected chi connectivity index (χ0v) is 9.23. The number of nitrogens with zero attached hydrogens (tertiary/aromatic N) is 1. The van der Waals surface area contributed by atoms with Crippen LogP contribution in [-0.4, -0.2) is 18.1 Å². The first-order chi connectivity index (χ1) is 5.66. The summed E-state index contributed by atoms with van der Waals surface area (Å²) in [5.74, 6) is 0. The molecule has 0 fully saturated rings. The molecule has 1 atom stereocenters. The van der Waals surface area contributed by atoms with Crippen LogP contribution in [0, 0.1) is 0 Å². The molecule has 0 radical (unpaired) electrons. The minimum absolute atomic E-state index is 0.537. The lowest BCUT2D eigenvalue weighted by Gasteiger charge is -2.13. The lowest BCUT2D eigenvalue weighted by atomic mass is 10.1. The first kappa shape index (κ1) is 11.5. The number of hydrazine groups is 1. The van der Waals surface area contributed by atoms with Crippen molar-refractivity contribution in [2.45, 2.75) is 47.1 Å². The Morgan fingerprint density at radius 3 is 2.08 bits per heavy atom. The fraction of sp³-hybridized carbons (Fsp3) is 0.800. The molecule has 0 aromatic carbocycles. The van der Waals surface area contributed by atoms with E-state index in [1.165, 1.54) is 11.3 Å². The fourth-order valence-corrected chi connectivity index (χ4v) is 1.56. The standard InChI is InChI=1S/C8H16N2.C2H6/c1-5-8-6(2)9-10(4)7(8)3;1-2/h6,9H,5H2,1-4H3;1-2H3. The highest BCUT2D eigenvalue weighted by Crippen LogP contribution is 2.20. The second kappa shape index (κ2) is 5.20. The van der Waals surface area contributed by atoms with Gasteiger partial charge in [-0.15, -0.1) is 0 Å². The van der Waals surface area contributed by atoms with Gasteiger partial charge in [-0.2, -0.15) is 0 Å². The van der Waals surface area contributed by atoms with E-state index in [9.17, 15) is 0 Å². The molecule has 2 heteroatoms. The van der Waals surface area contributed by atoms with E-state index in [4.69, 9.17) is 0 Å². The Bertz CT molecular complexity index is 161. The highest BCUT2D eigenvalue weighted by atomic mass is 15.5. The van der Waals surface area contributed by atoms with Crippen molar-refractivity contribution in [3.8, 4) is 0 Å². The third kappa shape index (κ3) is 2.24. The molecule has 1 rings (SSSR count). The number of allylic oxidation sites excluding steroid dienone is 1. The molecular weight excluding hydrogens is 148 g/mol. The monoisotopic (exact) mass is 170 g/mol. The van der Waals surface area contributed by atoms with Gasteiger partial charge in [0.05, 0.1) is 0 Å². The van der Waals surface area contributed by atoms with Gasteiger partial charge in [0.25, 0.3) is 0 Å². The average molecular weight is 170 g/mol. The lowest BCUT2D eigenvalue weighted by molar-refractivity contribution is 0.315. The molecule has 0 saturated carbocycles. The molecule has 1 aliphatic heterocycles. The van der Waals surface area contributed by atoms with Crippen molar-refractivity contribution in [1.29, 1.82) is 0 Å². The number of rotatable bonds is 1. The molecule has 1 N–H and O–H groups in total. The Balaban J connectivity index is 0.000000561. The molecule has 0 spiro atoms. The van der Waals surface area contributed by atoms with Crippen LogP contribution in [-0.2, 0) is 0 Å². The van der Waals surface area contributed by atoms with Gasteiger partial charge < -0.3 is 5.01 Å². The Morgan fingerprint density at radius 1 is 1.42 bits per heavy atom. The molecular formula is C10H22N2. The van der Waals surface area contributed by atoms with Gasteiger partial charge in [0, 0.05) is 18.8 Å². The summed E-state index contributed by atoms with van der Waals surface area (Å²) in [5, 5.41) is 2.10. The molecule has 2 nitrogen and oxygen atoms in total. The summed E-state index contributed by atoms with van der Waals surface area (Å²) in [6, 6.07) is 0.537. The summed E-state index contributed by atoms with van der Waals surface area (Å²) in [7, 11) is 2.06. The van der Waals surface area contributed by atoms with Crippen LogP contribution in [0.15, 0.2) is 11.3 Å². The molecule has 1 heterocycles. The van der Waals surface area contributed by atoms with Crippen molar-refractivity contribution in [2.75, 3.05) is 7.05 Å². The van der Waals surface area contributed by atoms with E-state index in [0.717, 1.165) is 6.42 Å². The van der Waals surface area contributed by atoms with Gasteiger partial charge in [-0.1, -0.05) is 20.8 Å². The molecule has 72 valence electrons. The lowest BCUT2D eigenvalue weighted by Crippen LogP contribution is -2.32. The summed E-state index contributed by atoms with van der Waals surface area (Å²) >= 11 is 0. The molecule has 1 unspecified atom stereocenters. The van der Waals surface area contributed by atoms with Crippen molar-refractivity contribution in [3.63, 3.8) is 0 Å². The highest BCUT2D eigenvalue weighted by Gasteiger charge is 2.20. The Morgan fingerprint density at radius 2 is 1.92 bits per heavy atom. The quantitative estimate of drug-likeness (QED) is 0.650. The van der Waals surface area contributed by atoms with Crippen molar-refractivity contribution >= 4 is 0 Å². The van der Waals surface area contributed by atoms with Gasteiger partial charge in [0.2, 0.25) is 0 Å². The van der Waals surface area contributed by atoms with E-state index in [2.05, 4.69) is 38.3 Å². The zero-order valence-electron chi connectivity index (χ0n) is 9.23. The maximum atomic E-state index is 3.33. The second-order valence-corrected chi connectivity index (χ2v) is 2.87. The Kier molecular flexibility index (Phi) is 4.98. The van der Waals surface area contributed by atoms with E-state index in [1.807, 2.05) is 13.8 Å². The molecule has 0 aliphatic carbocycles. The van der Waals surface area contributed by atoms with Crippen LogP contribution in [0.25, 0.3) is 0 Å². The van der Waals surface area contributed by atoms with Gasteiger partial charge in [-0.25, -0.2) is 5.43 Å². The SMILES string of the molecule is CC.CCC1=C(C)N(C)NC1C. The largest absolute Gasteiger partial charge is 0.315 e. The van der Waals surface area contributed by atoms with E-state index in [1.54, 1.807) is 0 Å². The van der Waals surface area contributed by atoms with Crippen LogP contribution >= 0.6 is 0 Å². The molecule has 0 bridgehead atoms. The van der Waals surface area contributed by atoms with E-state index in [-0.39, 0.29) is 0 Å². The zero-order chi connectivity index (χ0) is 9.72. The van der Waals surface area contributed by atoms with Crippen molar-refractivity contribution < 1.29 is 0 Å². The summed E-state index contributed by atoms with van der Waals surface area (Å²) < 4.78 is 0. The fourth-order valence-electron chi connectivity index (χ4n) is 1.56. The van der Waals surface area contributed by atoms with Crippen LogP contribution in [0.4, 0.5) is 0 Å². The maximum absolute atomic E-state index is 3.33. The normalized spacial score (nSPS) is 22.5. The van der Waals surface area contributed by atoms with Crippen molar-refractivity contribution in [3.05, 3.63) is 11.3 Å². The van der Waals surface area contributed by atoms with E-state index < -0.39 is 0 Å². The van der Waals surface area contributed by atoms with Gasteiger partial charge in [0.15, 0.2) is 0 Å². The third-order valence-corrected chi connectivity index (χ3v) is 2.26. The van der Waals surface area contributed by atoms with Crippen LogP contribution in [0.5, 0.6) is 0 Å². The second-order valence-electron chi connectivity index (χ2n) is 2.87. The molecule has 0 saturated heterocycles. The highest BCUT2D eigenvalue weighted by molar-refractivity contribution is 5.20. The summed E-state index contributed by atoms with van der Waals surface area (Å²) in [6.45, 7) is 10.6. The minimum Gasteiger partial charge on any atom is -0.315 e. The predicted octanol–water partition coefficient (Wildman–Crippen LogP) is 2.54. The van der Waals surface area contributed by atoms with Crippen LogP contribution in [0.3, 0.4) is 0 Å². The number of nitrogens with one attached hydrogen (secondary N) is 1. The first-order valence-corrected chi connectivity index (χ1v) is 4.86. The van der Waals surface area contributed by atoms with Gasteiger partial charge in [-0.05, 0) is 25.8 Å². The molecule has 0 aromatic heterocycles. The molecule has 0 aromatic rings. The molecule has 0 amide bonds. The maximum Gasteiger partial charge on any atom is 0.0463 e. The first-order valence-electron chi connectivity index (χ1n) is 4.86. The minimum atomic E-state index is 0.537. The average Bonchev–Trinajstić information content (AvgIpc) is 2.31.